The van der Waals surface area contributed by atoms with Crippen LogP contribution in [0.4, 0.5) is 0 Å². The number of hydrogen-bond donors (Lipinski definition) is 0. The normalized spacial score (nSPS) is 10.9. The third-order valence-corrected chi connectivity index (χ3v) is 1.22. The summed E-state index contributed by atoms with van der Waals surface area (Å²) in [5, 5.41) is 10.1. The minimum atomic E-state index is -1.58. The number of carboxylic acids is 1. The first-order valence-corrected chi connectivity index (χ1v) is 3.42. The van der Waals surface area contributed by atoms with Gasteiger partial charge in [-0.15, -0.1) is 0 Å². The third-order valence-electron chi connectivity index (χ3n) is 1.22. The fraction of sp³-hybridized carbons (Fsp3) is 0.571. The van der Waals surface area contributed by atoms with Crippen LogP contribution < -0.4 is 34.7 Å². The van der Waals surface area contributed by atoms with Crippen molar-refractivity contribution in [1.29, 1.82) is 0 Å². The molecule has 0 aromatic carbocycles. The Morgan fingerprint density at radius 3 is 2.15 bits per heavy atom. The number of carbonyl (C=O) groups is 3. The molecule has 0 rings (SSSR count). The van der Waals surface area contributed by atoms with Gasteiger partial charge in [0.2, 0.25) is 5.78 Å². The number of carboxylic acid groups (broad SMARTS) is 1. The molecule has 0 saturated carbocycles. The van der Waals surface area contributed by atoms with Crippen molar-refractivity contribution in [2.75, 3.05) is 6.61 Å². The second-order valence-corrected chi connectivity index (χ2v) is 2.13. The fourth-order valence-corrected chi connectivity index (χ4v) is 0.486. The van der Waals surface area contributed by atoms with Crippen molar-refractivity contribution in [2.45, 2.75) is 13.8 Å². The standard InChI is InChI=1S/C7H10O5.Na/c1-3-12-7(11)5(8)4(2)6(9)10;/h4H,3H2,1-2H3,(H,9,10);/q;+1/p-1. The largest absolute Gasteiger partial charge is 1.00 e. The van der Waals surface area contributed by atoms with E-state index in [0.717, 1.165) is 6.92 Å². The Morgan fingerprint density at radius 2 is 1.85 bits per heavy atom. The van der Waals surface area contributed by atoms with Crippen molar-refractivity contribution < 1.29 is 53.8 Å². The predicted molar refractivity (Wildman–Crippen MR) is 35.8 cm³/mol. The second-order valence-electron chi connectivity index (χ2n) is 2.13. The quantitative estimate of drug-likeness (QED) is 0.196. The van der Waals surface area contributed by atoms with Crippen molar-refractivity contribution in [1.82, 2.24) is 0 Å². The second kappa shape index (κ2) is 7.06. The Balaban J connectivity index is 0. The number of esters is 1. The molecule has 1 atom stereocenters. The number of Topliss-reactive ketones (excluding diaryl/α,β-unsaturated/α-hetero) is 1. The monoisotopic (exact) mass is 196 g/mol. The van der Waals surface area contributed by atoms with E-state index >= 15 is 0 Å². The summed E-state index contributed by atoms with van der Waals surface area (Å²) in [5.74, 6) is -5.23. The predicted octanol–water partition coefficient (Wildman–Crippen LogP) is -4.49. The van der Waals surface area contributed by atoms with Crippen LogP contribution in [0.1, 0.15) is 13.8 Å². The summed E-state index contributed by atoms with van der Waals surface area (Å²) >= 11 is 0. The van der Waals surface area contributed by atoms with Crippen LogP contribution in [-0.4, -0.2) is 24.3 Å². The van der Waals surface area contributed by atoms with Gasteiger partial charge in [-0.3, -0.25) is 4.79 Å². The molecule has 1 unspecified atom stereocenters. The van der Waals surface area contributed by atoms with Crippen LogP contribution in [0.25, 0.3) is 0 Å². The molecule has 13 heavy (non-hydrogen) atoms. The SMILES string of the molecule is CCOC(=O)C(=O)C(C)C(=O)[O-].[Na+]. The first kappa shape index (κ1) is 15.1. The molecule has 0 radical (unpaired) electrons. The average Bonchev–Trinajstić information content (AvgIpc) is 2.02. The van der Waals surface area contributed by atoms with Crippen molar-refractivity contribution in [3.8, 4) is 0 Å². The van der Waals surface area contributed by atoms with Crippen LogP contribution >= 0.6 is 0 Å². The summed E-state index contributed by atoms with van der Waals surface area (Å²) in [5.41, 5.74) is 0. The smallest absolute Gasteiger partial charge is 0.549 e. The minimum Gasteiger partial charge on any atom is -0.549 e. The Labute approximate surface area is 97.7 Å². The minimum absolute atomic E-state index is 0. The molecule has 5 nitrogen and oxygen atoms in total. The van der Waals surface area contributed by atoms with Gasteiger partial charge < -0.3 is 14.6 Å². The van der Waals surface area contributed by atoms with E-state index < -0.39 is 23.6 Å². The average molecular weight is 196 g/mol. The van der Waals surface area contributed by atoms with Gasteiger partial charge in [-0.2, -0.15) is 0 Å². The summed E-state index contributed by atoms with van der Waals surface area (Å²) in [7, 11) is 0. The first-order chi connectivity index (χ1) is 5.50. The first-order valence-electron chi connectivity index (χ1n) is 3.42. The van der Waals surface area contributed by atoms with E-state index in [1.54, 1.807) is 0 Å². The van der Waals surface area contributed by atoms with Crippen molar-refractivity contribution in [2.24, 2.45) is 5.92 Å². The summed E-state index contributed by atoms with van der Waals surface area (Å²) in [6.07, 6.45) is 0. The molecular weight excluding hydrogens is 187 g/mol. The molecule has 0 saturated heterocycles. The number of aliphatic carboxylic acids is 1. The molecular formula is C7H9NaO5. The fourth-order valence-electron chi connectivity index (χ4n) is 0.486. The molecule has 68 valence electrons. The number of ether oxygens (including phenoxy) is 1. The van der Waals surface area contributed by atoms with Gasteiger partial charge in [0.25, 0.3) is 0 Å². The van der Waals surface area contributed by atoms with Crippen molar-refractivity contribution in [3.63, 3.8) is 0 Å². The van der Waals surface area contributed by atoms with E-state index in [4.69, 9.17) is 0 Å². The van der Waals surface area contributed by atoms with E-state index in [2.05, 4.69) is 4.74 Å². The summed E-state index contributed by atoms with van der Waals surface area (Å²) in [6.45, 7) is 2.65. The van der Waals surface area contributed by atoms with E-state index in [1.807, 2.05) is 0 Å². The summed E-state index contributed by atoms with van der Waals surface area (Å²) in [4.78, 5) is 31.5. The molecule has 0 N–H and O–H groups in total. The Morgan fingerprint density at radius 1 is 1.38 bits per heavy atom. The van der Waals surface area contributed by atoms with Gasteiger partial charge in [0.15, 0.2) is 0 Å². The van der Waals surface area contributed by atoms with Crippen molar-refractivity contribution in [3.05, 3.63) is 0 Å². The van der Waals surface area contributed by atoms with Gasteiger partial charge in [0.1, 0.15) is 0 Å². The molecule has 0 bridgehead atoms. The van der Waals surface area contributed by atoms with Gasteiger partial charge >= 0.3 is 35.5 Å². The molecule has 0 aliphatic rings. The van der Waals surface area contributed by atoms with Crippen LogP contribution in [0.15, 0.2) is 0 Å². The molecule has 0 aromatic heterocycles. The summed E-state index contributed by atoms with van der Waals surface area (Å²) in [6, 6.07) is 0. The molecule has 0 amide bonds. The molecule has 0 heterocycles. The molecule has 0 aliphatic heterocycles. The van der Waals surface area contributed by atoms with E-state index in [0.29, 0.717) is 0 Å². The van der Waals surface area contributed by atoms with Gasteiger partial charge in [0, 0.05) is 0 Å². The van der Waals surface area contributed by atoms with E-state index in [-0.39, 0.29) is 36.2 Å². The Bertz CT molecular complexity index is 213. The zero-order chi connectivity index (χ0) is 9.72. The number of hydrogen-bond acceptors (Lipinski definition) is 5. The maximum atomic E-state index is 10.8. The maximum absolute atomic E-state index is 10.8. The van der Waals surface area contributed by atoms with Crippen molar-refractivity contribution >= 4 is 17.7 Å². The Hall–Kier alpha value is -0.390. The number of rotatable bonds is 4. The molecule has 0 spiro atoms. The van der Waals surface area contributed by atoms with E-state index in [1.165, 1.54) is 6.92 Å². The summed E-state index contributed by atoms with van der Waals surface area (Å²) < 4.78 is 4.30. The molecule has 0 aromatic rings. The van der Waals surface area contributed by atoms with Crippen LogP contribution in [0.3, 0.4) is 0 Å². The van der Waals surface area contributed by atoms with Gasteiger partial charge in [-0.05, 0) is 13.8 Å². The zero-order valence-corrected chi connectivity index (χ0v) is 9.83. The number of carbonyl (C=O) groups excluding carboxylic acids is 3. The third kappa shape index (κ3) is 5.02. The van der Waals surface area contributed by atoms with Crippen LogP contribution in [0.2, 0.25) is 0 Å². The van der Waals surface area contributed by atoms with E-state index in [9.17, 15) is 19.5 Å². The number of ketones is 1. The van der Waals surface area contributed by atoms with Crippen LogP contribution in [-0.2, 0) is 19.1 Å². The van der Waals surface area contributed by atoms with Crippen LogP contribution in [0, 0.1) is 5.92 Å². The molecule has 0 aliphatic carbocycles. The maximum Gasteiger partial charge on any atom is 1.00 e. The van der Waals surface area contributed by atoms with Gasteiger partial charge in [0.05, 0.1) is 18.5 Å². The molecule has 6 heteroatoms. The molecule has 0 fully saturated rings. The Kier molecular flexibility index (Phi) is 8.20. The zero-order valence-electron chi connectivity index (χ0n) is 7.83. The van der Waals surface area contributed by atoms with Gasteiger partial charge in [-0.1, -0.05) is 0 Å². The van der Waals surface area contributed by atoms with Crippen LogP contribution in [0.5, 0.6) is 0 Å². The topological polar surface area (TPSA) is 83.5 Å². The van der Waals surface area contributed by atoms with Gasteiger partial charge in [-0.25, -0.2) is 4.79 Å².